The van der Waals surface area contributed by atoms with Crippen LogP contribution in [-0.2, 0) is 4.74 Å². The Morgan fingerprint density at radius 1 is 1.35 bits per heavy atom. The van der Waals surface area contributed by atoms with Crippen LogP contribution in [0, 0.1) is 5.41 Å². The van der Waals surface area contributed by atoms with Crippen molar-refractivity contribution in [1.82, 2.24) is 0 Å². The van der Waals surface area contributed by atoms with E-state index in [1.54, 1.807) is 12.1 Å². The molecule has 4 heteroatoms. The first kappa shape index (κ1) is 14.7. The van der Waals surface area contributed by atoms with E-state index in [0.717, 1.165) is 12.2 Å². The molecule has 0 heterocycles. The van der Waals surface area contributed by atoms with E-state index in [1.807, 2.05) is 6.07 Å². The maximum atomic E-state index is 11.4. The summed E-state index contributed by atoms with van der Waals surface area (Å²) in [5.41, 5.74) is 8.32. The van der Waals surface area contributed by atoms with E-state index in [1.165, 1.54) is 39.2 Å². The molecule has 1 fully saturated rings. The molecule has 3 N–H and O–H groups in total. The van der Waals surface area contributed by atoms with Gasteiger partial charge in [0.15, 0.2) is 0 Å². The number of ether oxygens (including phenoxy) is 1. The van der Waals surface area contributed by atoms with Crippen LogP contribution >= 0.6 is 0 Å². The lowest BCUT2D eigenvalue weighted by Crippen LogP contribution is -2.29. The maximum Gasteiger partial charge on any atom is 0.337 e. The lowest BCUT2D eigenvalue weighted by molar-refractivity contribution is 0.0601. The summed E-state index contributed by atoms with van der Waals surface area (Å²) < 4.78 is 4.69. The van der Waals surface area contributed by atoms with Gasteiger partial charge in [0, 0.05) is 6.54 Å². The van der Waals surface area contributed by atoms with E-state index >= 15 is 0 Å². The van der Waals surface area contributed by atoms with Crippen LogP contribution in [0.2, 0.25) is 0 Å². The molecule has 1 aromatic carbocycles. The molecule has 1 aliphatic carbocycles. The number of methoxy groups -OCH3 is 1. The number of carbonyl (C=O) groups is 1. The monoisotopic (exact) mass is 276 g/mol. The first-order valence-electron chi connectivity index (χ1n) is 7.26. The molecular formula is C16H24N2O2. The average Bonchev–Trinajstić information content (AvgIpc) is 2.46. The molecule has 110 valence electrons. The molecule has 0 radical (unpaired) electrons. The Morgan fingerprint density at radius 3 is 2.65 bits per heavy atom. The molecule has 0 amide bonds. The second-order valence-corrected chi connectivity index (χ2v) is 6.02. The number of nitrogens with two attached hydrogens (primary N) is 1. The van der Waals surface area contributed by atoms with Gasteiger partial charge in [-0.05, 0) is 36.5 Å². The summed E-state index contributed by atoms with van der Waals surface area (Å²) in [6.45, 7) is 3.26. The number of benzene rings is 1. The van der Waals surface area contributed by atoms with Crippen molar-refractivity contribution in [2.45, 2.75) is 39.0 Å². The number of anilines is 2. The predicted molar refractivity (Wildman–Crippen MR) is 81.9 cm³/mol. The molecule has 0 atom stereocenters. The number of nitrogen functional groups attached to an aromatic ring is 1. The van der Waals surface area contributed by atoms with Crippen molar-refractivity contribution in [3.63, 3.8) is 0 Å². The Hall–Kier alpha value is -1.71. The van der Waals surface area contributed by atoms with E-state index < -0.39 is 0 Å². The Morgan fingerprint density at radius 2 is 2.05 bits per heavy atom. The summed E-state index contributed by atoms with van der Waals surface area (Å²) in [4.78, 5) is 11.4. The van der Waals surface area contributed by atoms with E-state index in [9.17, 15) is 4.79 Å². The van der Waals surface area contributed by atoms with Gasteiger partial charge < -0.3 is 15.8 Å². The Bertz CT molecular complexity index is 479. The fraction of sp³-hybridized carbons (Fsp3) is 0.562. The topological polar surface area (TPSA) is 64.3 Å². The average molecular weight is 276 g/mol. The SMILES string of the molecule is COC(=O)c1ccc(NCC2(C)CCCCC2)c(N)c1. The van der Waals surface area contributed by atoms with Gasteiger partial charge in [0.2, 0.25) is 0 Å². The van der Waals surface area contributed by atoms with Crippen molar-refractivity contribution in [2.75, 3.05) is 24.7 Å². The molecule has 0 spiro atoms. The molecule has 1 saturated carbocycles. The lowest BCUT2D eigenvalue weighted by Gasteiger charge is -2.34. The van der Waals surface area contributed by atoms with Gasteiger partial charge in [-0.2, -0.15) is 0 Å². The summed E-state index contributed by atoms with van der Waals surface area (Å²) in [5.74, 6) is -0.359. The lowest BCUT2D eigenvalue weighted by atomic mass is 9.76. The number of carbonyl (C=O) groups excluding carboxylic acids is 1. The molecule has 1 aliphatic rings. The molecule has 20 heavy (non-hydrogen) atoms. The normalized spacial score (nSPS) is 17.5. The quantitative estimate of drug-likeness (QED) is 0.653. The highest BCUT2D eigenvalue weighted by molar-refractivity contribution is 5.91. The number of esters is 1. The standard InChI is InChI=1S/C16H24N2O2/c1-16(8-4-3-5-9-16)11-18-14-7-6-12(10-13(14)17)15(19)20-2/h6-7,10,18H,3-5,8-9,11,17H2,1-2H3. The Labute approximate surface area is 120 Å². The first-order valence-corrected chi connectivity index (χ1v) is 7.26. The molecule has 0 aliphatic heterocycles. The minimum absolute atomic E-state index is 0.353. The second kappa shape index (κ2) is 6.16. The number of rotatable bonds is 4. The van der Waals surface area contributed by atoms with Gasteiger partial charge in [-0.15, -0.1) is 0 Å². The minimum Gasteiger partial charge on any atom is -0.465 e. The van der Waals surface area contributed by atoms with Crippen LogP contribution in [0.1, 0.15) is 49.4 Å². The van der Waals surface area contributed by atoms with E-state index in [0.29, 0.717) is 16.7 Å². The highest BCUT2D eigenvalue weighted by Crippen LogP contribution is 2.36. The van der Waals surface area contributed by atoms with Crippen molar-refractivity contribution in [2.24, 2.45) is 5.41 Å². The van der Waals surface area contributed by atoms with Crippen LogP contribution < -0.4 is 11.1 Å². The van der Waals surface area contributed by atoms with Gasteiger partial charge >= 0.3 is 5.97 Å². The van der Waals surface area contributed by atoms with Gasteiger partial charge in [-0.25, -0.2) is 4.79 Å². The van der Waals surface area contributed by atoms with Crippen molar-refractivity contribution in [3.8, 4) is 0 Å². The molecule has 0 unspecified atom stereocenters. The zero-order valence-electron chi connectivity index (χ0n) is 12.4. The third-order valence-electron chi connectivity index (χ3n) is 4.24. The van der Waals surface area contributed by atoms with Gasteiger partial charge in [0.05, 0.1) is 24.0 Å². The minimum atomic E-state index is -0.359. The Kier molecular flexibility index (Phi) is 4.53. The third kappa shape index (κ3) is 3.44. The molecule has 2 rings (SSSR count). The van der Waals surface area contributed by atoms with Crippen molar-refractivity contribution >= 4 is 17.3 Å². The van der Waals surface area contributed by atoms with Gasteiger partial charge in [0.1, 0.15) is 0 Å². The summed E-state index contributed by atoms with van der Waals surface area (Å²) in [6.07, 6.45) is 6.51. The zero-order valence-corrected chi connectivity index (χ0v) is 12.4. The highest BCUT2D eigenvalue weighted by atomic mass is 16.5. The smallest absolute Gasteiger partial charge is 0.337 e. The van der Waals surface area contributed by atoms with E-state index in [-0.39, 0.29) is 5.97 Å². The zero-order chi connectivity index (χ0) is 14.6. The molecule has 4 nitrogen and oxygen atoms in total. The molecule has 0 aromatic heterocycles. The number of hydrogen-bond donors (Lipinski definition) is 2. The van der Waals surface area contributed by atoms with Crippen LogP contribution in [-0.4, -0.2) is 19.6 Å². The van der Waals surface area contributed by atoms with Gasteiger partial charge in [-0.3, -0.25) is 0 Å². The van der Waals surface area contributed by atoms with Crippen LogP contribution in [0.5, 0.6) is 0 Å². The predicted octanol–water partition coefficient (Wildman–Crippen LogP) is 3.44. The number of nitrogens with one attached hydrogen (secondary N) is 1. The van der Waals surface area contributed by atoms with Crippen LogP contribution in [0.3, 0.4) is 0 Å². The fourth-order valence-electron chi connectivity index (χ4n) is 2.86. The molecule has 1 aromatic rings. The summed E-state index contributed by atoms with van der Waals surface area (Å²) in [7, 11) is 1.37. The summed E-state index contributed by atoms with van der Waals surface area (Å²) >= 11 is 0. The third-order valence-corrected chi connectivity index (χ3v) is 4.24. The highest BCUT2D eigenvalue weighted by Gasteiger charge is 2.26. The van der Waals surface area contributed by atoms with E-state index in [2.05, 4.69) is 17.0 Å². The van der Waals surface area contributed by atoms with Gasteiger partial charge in [0.25, 0.3) is 0 Å². The maximum absolute atomic E-state index is 11.4. The molecular weight excluding hydrogens is 252 g/mol. The van der Waals surface area contributed by atoms with Crippen molar-refractivity contribution in [1.29, 1.82) is 0 Å². The second-order valence-electron chi connectivity index (χ2n) is 6.02. The summed E-state index contributed by atoms with van der Waals surface area (Å²) in [6, 6.07) is 5.26. The molecule has 0 bridgehead atoms. The van der Waals surface area contributed by atoms with E-state index in [4.69, 9.17) is 5.73 Å². The molecule has 0 saturated heterocycles. The fourth-order valence-corrected chi connectivity index (χ4v) is 2.86. The van der Waals surface area contributed by atoms with Crippen molar-refractivity contribution < 1.29 is 9.53 Å². The van der Waals surface area contributed by atoms with Crippen molar-refractivity contribution in [3.05, 3.63) is 23.8 Å². The Balaban J connectivity index is 2.01. The van der Waals surface area contributed by atoms with Gasteiger partial charge in [-0.1, -0.05) is 26.2 Å². The summed E-state index contributed by atoms with van der Waals surface area (Å²) in [5, 5.41) is 3.43. The number of hydrogen-bond acceptors (Lipinski definition) is 4. The first-order chi connectivity index (χ1) is 9.54. The largest absolute Gasteiger partial charge is 0.465 e. The van der Waals surface area contributed by atoms with Crippen LogP contribution in [0.4, 0.5) is 11.4 Å². The van der Waals surface area contributed by atoms with Crippen LogP contribution in [0.25, 0.3) is 0 Å². The van der Waals surface area contributed by atoms with Crippen LogP contribution in [0.15, 0.2) is 18.2 Å².